The second-order valence-electron chi connectivity index (χ2n) is 17.9. The van der Waals surface area contributed by atoms with Gasteiger partial charge in [0.25, 0.3) is 11.8 Å². The van der Waals surface area contributed by atoms with Crippen molar-refractivity contribution in [1.29, 1.82) is 0 Å². The number of benzene rings is 4. The highest BCUT2D eigenvalue weighted by atomic mass is 35.5. The Bertz CT molecular complexity index is 3180. The summed E-state index contributed by atoms with van der Waals surface area (Å²) in [6, 6.07) is 24.5. The van der Waals surface area contributed by atoms with Gasteiger partial charge in [0, 0.05) is 18.7 Å². The minimum atomic E-state index is -1.25. The van der Waals surface area contributed by atoms with Crippen LogP contribution in [-0.2, 0) is 11.3 Å². The van der Waals surface area contributed by atoms with Crippen molar-refractivity contribution in [2.75, 3.05) is 46.4 Å². The van der Waals surface area contributed by atoms with Crippen molar-refractivity contribution >= 4 is 74.3 Å². The number of esters is 1. The summed E-state index contributed by atoms with van der Waals surface area (Å²) in [4.78, 5) is 16.4. The number of carbonyl (C=O) groups excluding carboxylic acids is 1. The monoisotopic (exact) mass is 1060 g/mol. The van der Waals surface area contributed by atoms with E-state index < -0.39 is 36.9 Å². The van der Waals surface area contributed by atoms with Crippen LogP contribution in [0.15, 0.2) is 103 Å². The maximum Gasteiger partial charge on any atom is 0.396 e. The Labute approximate surface area is 432 Å². The summed E-state index contributed by atoms with van der Waals surface area (Å²) in [6.07, 6.45) is -0.388. The van der Waals surface area contributed by atoms with Crippen LogP contribution >= 0.6 is 46.4 Å². The van der Waals surface area contributed by atoms with Crippen molar-refractivity contribution in [1.82, 2.24) is 30.2 Å². The fourth-order valence-electron chi connectivity index (χ4n) is 9.76. The second kappa shape index (κ2) is 21.8. The van der Waals surface area contributed by atoms with Crippen molar-refractivity contribution in [3.05, 3.63) is 128 Å². The van der Waals surface area contributed by atoms with E-state index in [9.17, 15) is 20.1 Å². The fourth-order valence-corrected chi connectivity index (χ4v) is 10.4. The van der Waals surface area contributed by atoms with Gasteiger partial charge in [-0.15, -0.1) is 20.4 Å². The number of furan rings is 2. The number of aromatic nitrogens is 4. The topological polar surface area (TPSA) is 216 Å². The number of β-amino-alcohol motifs (C(OH)–C–C–N with tert-alkyl or cyclic N) is 1. The van der Waals surface area contributed by atoms with Crippen molar-refractivity contribution < 1.29 is 52.0 Å². The molecule has 8 aromatic rings. The van der Waals surface area contributed by atoms with Crippen molar-refractivity contribution in [2.24, 2.45) is 0 Å². The number of piperidine rings is 2. The average Bonchev–Trinajstić information content (AvgIpc) is 4.24. The summed E-state index contributed by atoms with van der Waals surface area (Å²) in [6.45, 7) is 1.98. The number of nitrogens with zero attached hydrogens (tertiary/aromatic N) is 6. The van der Waals surface area contributed by atoms with Gasteiger partial charge in [-0.1, -0.05) is 70.7 Å². The lowest BCUT2D eigenvalue weighted by Gasteiger charge is -2.45. The Kier molecular flexibility index (Phi) is 15.1. The van der Waals surface area contributed by atoms with Gasteiger partial charge in [-0.25, -0.2) is 4.79 Å². The number of ether oxygens (including phenoxy) is 3. The van der Waals surface area contributed by atoms with E-state index in [1.807, 2.05) is 30.3 Å². The predicted octanol–water partition coefficient (Wildman–Crippen LogP) is 9.85. The minimum absolute atomic E-state index is 0.0265. The van der Waals surface area contributed by atoms with Gasteiger partial charge in [0.05, 0.1) is 44.0 Å². The number of aliphatic hydroxyl groups excluding tert-OH is 3. The molecule has 2 fully saturated rings. The molecule has 2 aliphatic heterocycles. The Morgan fingerprint density at radius 3 is 1.83 bits per heavy atom. The van der Waals surface area contributed by atoms with Gasteiger partial charge in [0.1, 0.15) is 54.2 Å². The lowest BCUT2D eigenvalue weighted by Crippen LogP contribution is -2.61. The summed E-state index contributed by atoms with van der Waals surface area (Å²) >= 11 is 25.5. The summed E-state index contributed by atoms with van der Waals surface area (Å²) in [5.74, 6) is 0.537. The molecule has 4 atom stereocenters. The van der Waals surface area contributed by atoms with E-state index in [1.165, 1.54) is 7.11 Å². The molecule has 17 nitrogen and oxygen atoms in total. The van der Waals surface area contributed by atoms with E-state index >= 15 is 0 Å². The molecule has 6 heterocycles. The average molecular weight is 1060 g/mol. The Morgan fingerprint density at radius 2 is 1.25 bits per heavy atom. The van der Waals surface area contributed by atoms with Crippen LogP contribution < -0.4 is 9.47 Å². The largest absolute Gasteiger partial charge is 0.490 e. The molecule has 4 aromatic carbocycles. The molecule has 0 aliphatic carbocycles. The van der Waals surface area contributed by atoms with E-state index in [0.29, 0.717) is 92.5 Å². The third kappa shape index (κ3) is 10.7. The lowest BCUT2D eigenvalue weighted by atomic mass is 9.87. The molecule has 10 rings (SSSR count). The number of likely N-dealkylation sites (tertiary alicyclic amines) is 2. The summed E-state index contributed by atoms with van der Waals surface area (Å²) < 4.78 is 41.6. The number of aliphatic hydroxyl groups is 3. The first-order valence-corrected chi connectivity index (χ1v) is 24.9. The molecule has 21 heteroatoms. The SMILES string of the molecule is COC(=O)c1nnc(-c2cc3c(OCC(O)C([C@H](Oc4cccc5oc(-c6nnc(CO)o6)cc45)[C@@H](O)CN4CCC(c5ccc(Cl)c(Cl)c5)CC4)N4CCC(c5ccc(Cl)c(Cl)c5)CC4)cccc3o2)o1. The van der Waals surface area contributed by atoms with E-state index in [-0.39, 0.29) is 60.1 Å². The highest BCUT2D eigenvalue weighted by Crippen LogP contribution is 2.39. The third-order valence-corrected chi connectivity index (χ3v) is 14.9. The van der Waals surface area contributed by atoms with Crippen LogP contribution in [0.4, 0.5) is 0 Å². The van der Waals surface area contributed by atoms with Gasteiger partial charge >= 0.3 is 11.9 Å². The first-order valence-electron chi connectivity index (χ1n) is 23.4. The van der Waals surface area contributed by atoms with Gasteiger partial charge in [-0.2, -0.15) is 0 Å². The zero-order valence-corrected chi connectivity index (χ0v) is 41.7. The van der Waals surface area contributed by atoms with E-state index in [4.69, 9.17) is 78.3 Å². The van der Waals surface area contributed by atoms with Crippen LogP contribution in [0.5, 0.6) is 11.5 Å². The zero-order chi connectivity index (χ0) is 50.0. The molecule has 72 heavy (non-hydrogen) atoms. The molecular weight excluding hydrogens is 1010 g/mol. The van der Waals surface area contributed by atoms with Crippen LogP contribution in [0.2, 0.25) is 20.1 Å². The van der Waals surface area contributed by atoms with Crippen LogP contribution in [0, 0.1) is 0 Å². The Morgan fingerprint density at radius 1 is 0.681 bits per heavy atom. The molecule has 376 valence electrons. The van der Waals surface area contributed by atoms with Crippen molar-refractivity contribution in [2.45, 2.75) is 68.5 Å². The van der Waals surface area contributed by atoms with Crippen molar-refractivity contribution in [3.63, 3.8) is 0 Å². The summed E-state index contributed by atoms with van der Waals surface area (Å²) in [7, 11) is 1.21. The quantitative estimate of drug-likeness (QED) is 0.0723. The molecule has 3 N–H and O–H groups in total. The predicted molar refractivity (Wildman–Crippen MR) is 267 cm³/mol. The van der Waals surface area contributed by atoms with E-state index in [2.05, 4.69) is 30.2 Å². The molecule has 0 radical (unpaired) electrons. The molecule has 2 saturated heterocycles. The fraction of sp³-hybridized carbons (Fsp3) is 0.353. The van der Waals surface area contributed by atoms with Gasteiger partial charge in [0.2, 0.25) is 5.89 Å². The number of carbonyl (C=O) groups is 1. The Hall–Kier alpha value is -5.73. The molecule has 0 bridgehead atoms. The summed E-state index contributed by atoms with van der Waals surface area (Å²) in [5, 5.41) is 53.8. The van der Waals surface area contributed by atoms with Gasteiger partial charge < -0.3 is 52.1 Å². The molecular formula is C51H48Cl4N6O11. The molecule has 2 unspecified atom stereocenters. The molecule has 2 aliphatic rings. The molecule has 0 spiro atoms. The van der Waals surface area contributed by atoms with Crippen LogP contribution in [0.1, 0.15) is 65.2 Å². The molecule has 4 aromatic heterocycles. The standard InChI is InChI=1S/C51H48Cl4N6O11/c1-66-51(65)50-59-58-49(72-50)44-22-31-39(4-2-5-40(31)68-44)67-26-38(64)46(61-18-14-28(15-19-61)30-9-11-34(53)36(55)21-30)47(37(63)24-60-16-12-27(13-17-60)29-8-10-33(52)35(54)20-29)70-42-7-3-6-41-32(42)23-43(69-41)48-57-56-45(25-62)71-48/h2-11,20-23,27-28,37-38,46-47,62-64H,12-19,24-26H2,1H3/t37-,38?,46?,47+/m0/s1. The lowest BCUT2D eigenvalue weighted by molar-refractivity contribution is -0.0891. The first-order chi connectivity index (χ1) is 34.9. The first kappa shape index (κ1) is 49.8. The van der Waals surface area contributed by atoms with Gasteiger partial charge in [-0.3, -0.25) is 4.90 Å². The molecule has 0 saturated carbocycles. The maximum absolute atomic E-state index is 12.7. The zero-order valence-electron chi connectivity index (χ0n) is 38.6. The van der Waals surface area contributed by atoms with Crippen molar-refractivity contribution in [3.8, 4) is 34.8 Å². The van der Waals surface area contributed by atoms with Gasteiger partial charge in [-0.05, 0) is 123 Å². The Balaban J connectivity index is 0.972. The number of rotatable bonds is 17. The smallest absolute Gasteiger partial charge is 0.396 e. The van der Waals surface area contributed by atoms with Gasteiger partial charge in [0.15, 0.2) is 11.5 Å². The number of methoxy groups -OCH3 is 1. The normalized spacial score (nSPS) is 17.1. The van der Waals surface area contributed by atoms with E-state index in [1.54, 1.807) is 54.6 Å². The third-order valence-electron chi connectivity index (χ3n) is 13.4. The highest BCUT2D eigenvalue weighted by Gasteiger charge is 2.43. The number of hydrogen-bond donors (Lipinski definition) is 3. The summed E-state index contributed by atoms with van der Waals surface area (Å²) in [5.41, 5.74) is 3.05. The second-order valence-corrected chi connectivity index (χ2v) is 19.5. The van der Waals surface area contributed by atoms with Crippen LogP contribution in [-0.4, -0.2) is 122 Å². The number of halogens is 4. The van der Waals surface area contributed by atoms with Crippen LogP contribution in [0.25, 0.3) is 45.2 Å². The molecule has 0 amide bonds. The number of hydrogen-bond acceptors (Lipinski definition) is 17. The maximum atomic E-state index is 12.7. The van der Waals surface area contributed by atoms with Crippen LogP contribution in [0.3, 0.4) is 0 Å². The highest BCUT2D eigenvalue weighted by molar-refractivity contribution is 6.42. The van der Waals surface area contributed by atoms with E-state index in [0.717, 1.165) is 24.0 Å². The minimum Gasteiger partial charge on any atom is -0.490 e. The number of fused-ring (bicyclic) bond motifs is 2.